The molecule has 6 heteroatoms. The van der Waals surface area contributed by atoms with Crippen LogP contribution in [0.3, 0.4) is 0 Å². The second kappa shape index (κ2) is 6.22. The zero-order valence-corrected chi connectivity index (χ0v) is 12.2. The molecule has 1 aliphatic carbocycles. The summed E-state index contributed by atoms with van der Waals surface area (Å²) in [5.74, 6) is 0.356. The van der Waals surface area contributed by atoms with E-state index in [0.29, 0.717) is 12.5 Å². The van der Waals surface area contributed by atoms with E-state index in [1.807, 2.05) is 0 Å². The van der Waals surface area contributed by atoms with E-state index in [2.05, 4.69) is 12.2 Å². The lowest BCUT2D eigenvalue weighted by atomic mass is 9.88. The number of esters is 1. The molecule has 0 radical (unpaired) electrons. The summed E-state index contributed by atoms with van der Waals surface area (Å²) in [7, 11) is -2.99. The number of sulfone groups is 1. The van der Waals surface area contributed by atoms with E-state index in [0.717, 1.165) is 19.3 Å². The lowest BCUT2D eigenvalue weighted by molar-refractivity contribution is -0.153. The van der Waals surface area contributed by atoms with E-state index in [1.54, 1.807) is 0 Å². The molecule has 1 heterocycles. The van der Waals surface area contributed by atoms with Gasteiger partial charge >= 0.3 is 5.97 Å². The molecule has 0 aromatic heterocycles. The molecule has 0 amide bonds. The summed E-state index contributed by atoms with van der Waals surface area (Å²) in [6.45, 7) is 2.54. The molecule has 3 atom stereocenters. The van der Waals surface area contributed by atoms with Crippen LogP contribution in [0.4, 0.5) is 0 Å². The maximum Gasteiger partial charge on any atom is 0.307 e. The topological polar surface area (TPSA) is 72.5 Å². The number of rotatable bonds is 3. The van der Waals surface area contributed by atoms with Crippen LogP contribution in [0.2, 0.25) is 0 Å². The first-order valence-electron chi connectivity index (χ1n) is 7.09. The van der Waals surface area contributed by atoms with Crippen LogP contribution in [-0.2, 0) is 19.4 Å². The minimum Gasteiger partial charge on any atom is -0.462 e. The smallest absolute Gasteiger partial charge is 0.307 e. The zero-order valence-electron chi connectivity index (χ0n) is 11.4. The number of carbonyl (C=O) groups is 1. The average Bonchev–Trinajstić information content (AvgIpc) is 2.30. The number of nitrogens with one attached hydrogen (secondary N) is 1. The minimum atomic E-state index is -2.99. The molecule has 5 nitrogen and oxygen atoms in total. The highest BCUT2D eigenvalue weighted by Gasteiger charge is 2.29. The molecule has 1 saturated heterocycles. The fraction of sp³-hybridized carbons (Fsp3) is 0.923. The van der Waals surface area contributed by atoms with Gasteiger partial charge < -0.3 is 10.1 Å². The summed E-state index contributed by atoms with van der Waals surface area (Å²) in [5, 5.41) is 3.07. The number of ether oxygens (including phenoxy) is 1. The molecule has 110 valence electrons. The van der Waals surface area contributed by atoms with Gasteiger partial charge in [-0.15, -0.1) is 0 Å². The molecule has 2 fully saturated rings. The SMILES string of the molecule is CC1CCCCC1OC(=O)CC1CS(=O)(=O)CCN1. The average molecular weight is 289 g/mol. The van der Waals surface area contributed by atoms with E-state index in [-0.39, 0.29) is 36.0 Å². The second-order valence-electron chi connectivity index (χ2n) is 5.76. The van der Waals surface area contributed by atoms with Crippen molar-refractivity contribution >= 4 is 15.8 Å². The van der Waals surface area contributed by atoms with Gasteiger partial charge in [-0.2, -0.15) is 0 Å². The van der Waals surface area contributed by atoms with Crippen molar-refractivity contribution in [3.8, 4) is 0 Å². The maximum atomic E-state index is 11.9. The highest BCUT2D eigenvalue weighted by Crippen LogP contribution is 2.26. The van der Waals surface area contributed by atoms with Gasteiger partial charge in [0.05, 0.1) is 17.9 Å². The Morgan fingerprint density at radius 1 is 1.32 bits per heavy atom. The lowest BCUT2D eigenvalue weighted by Crippen LogP contribution is -2.46. The fourth-order valence-corrected chi connectivity index (χ4v) is 4.32. The summed E-state index contributed by atoms with van der Waals surface area (Å²) in [5.41, 5.74) is 0. The van der Waals surface area contributed by atoms with Crippen molar-refractivity contribution in [1.82, 2.24) is 5.32 Å². The van der Waals surface area contributed by atoms with Crippen molar-refractivity contribution in [2.24, 2.45) is 5.92 Å². The molecule has 1 saturated carbocycles. The minimum absolute atomic E-state index is 0.0152. The quantitative estimate of drug-likeness (QED) is 0.781. The van der Waals surface area contributed by atoms with Crippen LogP contribution < -0.4 is 5.32 Å². The Bertz CT molecular complexity index is 420. The molecule has 0 spiro atoms. The highest BCUT2D eigenvalue weighted by atomic mass is 32.2. The van der Waals surface area contributed by atoms with Gasteiger partial charge in [-0.25, -0.2) is 8.42 Å². The lowest BCUT2D eigenvalue weighted by Gasteiger charge is -2.29. The third-order valence-corrected chi connectivity index (χ3v) is 5.77. The molecule has 1 N–H and O–H groups in total. The summed E-state index contributed by atoms with van der Waals surface area (Å²) in [6, 6.07) is -0.287. The fourth-order valence-electron chi connectivity index (χ4n) is 2.87. The Hall–Kier alpha value is -0.620. The Morgan fingerprint density at radius 2 is 2.05 bits per heavy atom. The van der Waals surface area contributed by atoms with Gasteiger partial charge in [-0.1, -0.05) is 13.3 Å². The summed E-state index contributed by atoms with van der Waals surface area (Å²) in [6.07, 6.45) is 4.52. The summed E-state index contributed by atoms with van der Waals surface area (Å²) < 4.78 is 28.5. The van der Waals surface area contributed by atoms with Gasteiger partial charge in [0.1, 0.15) is 6.10 Å². The molecule has 19 heavy (non-hydrogen) atoms. The largest absolute Gasteiger partial charge is 0.462 e. The second-order valence-corrected chi connectivity index (χ2v) is 7.99. The summed E-state index contributed by atoms with van der Waals surface area (Å²) >= 11 is 0. The Morgan fingerprint density at radius 3 is 2.74 bits per heavy atom. The van der Waals surface area contributed by atoms with Crippen LogP contribution in [0.15, 0.2) is 0 Å². The van der Waals surface area contributed by atoms with Gasteiger partial charge in [0.25, 0.3) is 0 Å². The summed E-state index contributed by atoms with van der Waals surface area (Å²) in [4.78, 5) is 11.9. The van der Waals surface area contributed by atoms with Crippen molar-refractivity contribution in [3.63, 3.8) is 0 Å². The van der Waals surface area contributed by atoms with E-state index in [4.69, 9.17) is 4.74 Å². The van der Waals surface area contributed by atoms with Crippen molar-refractivity contribution in [3.05, 3.63) is 0 Å². The molecule has 2 rings (SSSR count). The van der Waals surface area contributed by atoms with E-state index < -0.39 is 9.84 Å². The maximum absolute atomic E-state index is 11.9. The van der Waals surface area contributed by atoms with E-state index in [1.165, 1.54) is 6.42 Å². The van der Waals surface area contributed by atoms with Crippen molar-refractivity contribution in [2.75, 3.05) is 18.1 Å². The molecular weight excluding hydrogens is 266 g/mol. The molecule has 3 unspecified atom stereocenters. The van der Waals surface area contributed by atoms with Crippen molar-refractivity contribution in [2.45, 2.75) is 51.2 Å². The van der Waals surface area contributed by atoms with E-state index in [9.17, 15) is 13.2 Å². The van der Waals surface area contributed by atoms with Crippen LogP contribution >= 0.6 is 0 Å². The number of hydrogen-bond acceptors (Lipinski definition) is 5. The first-order chi connectivity index (χ1) is 8.96. The Balaban J connectivity index is 1.80. The Kier molecular flexibility index (Phi) is 4.84. The van der Waals surface area contributed by atoms with Crippen LogP contribution in [0.25, 0.3) is 0 Å². The van der Waals surface area contributed by atoms with Gasteiger partial charge in [0.15, 0.2) is 9.84 Å². The molecule has 2 aliphatic rings. The van der Waals surface area contributed by atoms with Gasteiger partial charge in [-0.05, 0) is 25.2 Å². The number of carbonyl (C=O) groups excluding carboxylic acids is 1. The van der Waals surface area contributed by atoms with Crippen molar-refractivity contribution < 1.29 is 17.9 Å². The van der Waals surface area contributed by atoms with Crippen LogP contribution in [-0.4, -0.2) is 44.6 Å². The Labute approximate surface area is 115 Å². The first-order valence-corrected chi connectivity index (χ1v) is 8.92. The van der Waals surface area contributed by atoms with Gasteiger partial charge in [0, 0.05) is 12.6 Å². The molecule has 0 aromatic rings. The van der Waals surface area contributed by atoms with Crippen LogP contribution in [0, 0.1) is 5.92 Å². The third-order valence-electron chi connectivity index (χ3n) is 4.03. The predicted octanol–water partition coefficient (Wildman–Crippen LogP) is 0.885. The monoisotopic (exact) mass is 289 g/mol. The van der Waals surface area contributed by atoms with Gasteiger partial charge in [-0.3, -0.25) is 4.79 Å². The molecule has 0 aromatic carbocycles. The predicted molar refractivity (Wildman–Crippen MR) is 72.6 cm³/mol. The normalized spacial score (nSPS) is 34.7. The highest BCUT2D eigenvalue weighted by molar-refractivity contribution is 7.91. The standard InChI is InChI=1S/C13H23NO4S/c1-10-4-2-3-5-12(10)18-13(15)8-11-9-19(16,17)7-6-14-11/h10-12,14H,2-9H2,1H3. The van der Waals surface area contributed by atoms with Crippen LogP contribution in [0.1, 0.15) is 39.0 Å². The van der Waals surface area contributed by atoms with Crippen LogP contribution in [0.5, 0.6) is 0 Å². The number of hydrogen-bond donors (Lipinski definition) is 1. The van der Waals surface area contributed by atoms with Gasteiger partial charge in [0.2, 0.25) is 0 Å². The third kappa shape index (κ3) is 4.45. The molecular formula is C13H23NO4S. The molecule has 1 aliphatic heterocycles. The zero-order chi connectivity index (χ0) is 13.9. The first kappa shape index (κ1) is 14.8. The molecule has 0 bridgehead atoms. The van der Waals surface area contributed by atoms with E-state index >= 15 is 0 Å². The van der Waals surface area contributed by atoms with Crippen molar-refractivity contribution in [1.29, 1.82) is 0 Å².